The minimum Gasteiger partial charge on any atom is -0.393 e. The summed E-state index contributed by atoms with van der Waals surface area (Å²) in [4.78, 5) is 0. The number of thiol groups is 1. The third kappa shape index (κ3) is 6.95. The molecule has 1 heterocycles. The van der Waals surface area contributed by atoms with Gasteiger partial charge in [-0.05, 0) is 13.0 Å². The van der Waals surface area contributed by atoms with Gasteiger partial charge in [0.05, 0.1) is 5.03 Å². The minimum absolute atomic E-state index is 0.0185. The van der Waals surface area contributed by atoms with Crippen LogP contribution in [0.4, 0.5) is 0 Å². The van der Waals surface area contributed by atoms with Gasteiger partial charge in [0.15, 0.2) is 6.29 Å². The first-order valence-electron chi connectivity index (χ1n) is 5.23. The second kappa shape index (κ2) is 9.77. The van der Waals surface area contributed by atoms with E-state index >= 15 is 0 Å². The fraction of sp³-hybridized carbons (Fsp3) is 0.800. The van der Waals surface area contributed by atoms with Gasteiger partial charge in [-0.25, -0.2) is 0 Å². The van der Waals surface area contributed by atoms with Crippen molar-refractivity contribution in [1.29, 1.82) is 0 Å². The van der Waals surface area contributed by atoms with Crippen molar-refractivity contribution in [2.45, 2.75) is 12.7 Å². The van der Waals surface area contributed by atoms with Crippen LogP contribution in [0.15, 0.2) is 11.2 Å². The molecule has 4 N–H and O–H groups in total. The molecule has 0 bridgehead atoms. The Morgan fingerprint density at radius 3 is 2.44 bits per heavy atom. The lowest BCUT2D eigenvalue weighted by Crippen LogP contribution is -2.26. The average Bonchev–Trinajstić information content (AvgIpc) is 2.74. The predicted octanol–water partition coefficient (Wildman–Crippen LogP) is 0.108. The molecule has 0 aromatic heterocycles. The topological polar surface area (TPSA) is 68.5 Å². The van der Waals surface area contributed by atoms with Crippen molar-refractivity contribution >= 4 is 12.6 Å². The van der Waals surface area contributed by atoms with Crippen LogP contribution < -0.4 is 16.4 Å². The largest absolute Gasteiger partial charge is 0.393 e. The lowest BCUT2D eigenvalue weighted by molar-refractivity contribution is -0.132. The van der Waals surface area contributed by atoms with Crippen molar-refractivity contribution in [2.75, 3.05) is 34.4 Å². The van der Waals surface area contributed by atoms with Crippen molar-refractivity contribution in [3.05, 3.63) is 11.2 Å². The van der Waals surface area contributed by atoms with Crippen LogP contribution in [0, 0.1) is 5.92 Å². The first kappa shape index (κ1) is 15.6. The average molecular weight is 249 g/mol. The van der Waals surface area contributed by atoms with E-state index in [1.54, 1.807) is 27.5 Å². The van der Waals surface area contributed by atoms with Crippen LogP contribution in [0.25, 0.3) is 0 Å². The molecule has 1 aliphatic heterocycles. The minimum atomic E-state index is -0.0185. The molecule has 0 spiro atoms. The summed E-state index contributed by atoms with van der Waals surface area (Å²) in [5.41, 5.74) is 5.07. The van der Waals surface area contributed by atoms with Crippen molar-refractivity contribution in [3.63, 3.8) is 0 Å². The summed E-state index contributed by atoms with van der Waals surface area (Å²) in [6, 6.07) is 0. The molecule has 16 heavy (non-hydrogen) atoms. The zero-order chi connectivity index (χ0) is 12.4. The van der Waals surface area contributed by atoms with Crippen molar-refractivity contribution in [2.24, 2.45) is 11.7 Å². The summed E-state index contributed by atoms with van der Waals surface area (Å²) in [5, 5.41) is 6.46. The van der Waals surface area contributed by atoms with E-state index < -0.39 is 0 Å². The highest BCUT2D eigenvalue weighted by atomic mass is 32.1. The fourth-order valence-corrected chi connectivity index (χ4v) is 1.67. The van der Waals surface area contributed by atoms with Crippen molar-refractivity contribution in [3.8, 4) is 0 Å². The Labute approximate surface area is 103 Å². The molecule has 6 heteroatoms. The van der Waals surface area contributed by atoms with Crippen LogP contribution >= 0.6 is 12.6 Å². The maximum absolute atomic E-state index is 5.12. The fourth-order valence-electron chi connectivity index (χ4n) is 1.54. The van der Waals surface area contributed by atoms with Crippen LogP contribution in [-0.2, 0) is 9.47 Å². The third-order valence-corrected chi connectivity index (χ3v) is 2.37. The van der Waals surface area contributed by atoms with E-state index in [0.717, 1.165) is 19.5 Å². The zero-order valence-electron chi connectivity index (χ0n) is 10.2. The molecular weight excluding hydrogens is 226 g/mol. The lowest BCUT2D eigenvalue weighted by Gasteiger charge is -2.18. The van der Waals surface area contributed by atoms with Crippen LogP contribution in [0.2, 0.25) is 0 Å². The molecule has 1 fully saturated rings. The Morgan fingerprint density at radius 1 is 1.56 bits per heavy atom. The molecule has 0 saturated carbocycles. The van der Waals surface area contributed by atoms with E-state index in [-0.39, 0.29) is 6.29 Å². The Hall–Kier alpha value is -0.430. The van der Waals surface area contributed by atoms with Gasteiger partial charge in [-0.2, -0.15) is 0 Å². The third-order valence-electron chi connectivity index (χ3n) is 2.24. The van der Waals surface area contributed by atoms with Crippen LogP contribution in [0.3, 0.4) is 0 Å². The van der Waals surface area contributed by atoms with Crippen molar-refractivity contribution < 1.29 is 9.47 Å². The smallest absolute Gasteiger partial charge is 0.160 e. The highest BCUT2D eigenvalue weighted by Crippen LogP contribution is 2.15. The van der Waals surface area contributed by atoms with Crippen molar-refractivity contribution in [1.82, 2.24) is 10.6 Å². The van der Waals surface area contributed by atoms with Crippen LogP contribution in [-0.4, -0.2) is 40.6 Å². The Balaban J connectivity index is 0.000000325. The SMILES string of the molecule is CN/C=C(\N)S.COC(OC)C1CCNC1. The summed E-state index contributed by atoms with van der Waals surface area (Å²) < 4.78 is 10.2. The molecule has 0 amide bonds. The van der Waals surface area contributed by atoms with Gasteiger partial charge in [-0.15, -0.1) is 12.6 Å². The van der Waals surface area contributed by atoms with Gasteiger partial charge in [-0.3, -0.25) is 0 Å². The summed E-state index contributed by atoms with van der Waals surface area (Å²) >= 11 is 3.75. The van der Waals surface area contributed by atoms with Gasteiger partial charge in [0.25, 0.3) is 0 Å². The van der Waals surface area contributed by atoms with Gasteiger partial charge >= 0.3 is 0 Å². The van der Waals surface area contributed by atoms with E-state index in [1.165, 1.54) is 0 Å². The number of methoxy groups -OCH3 is 2. The second-order valence-corrected chi connectivity index (χ2v) is 3.97. The first-order chi connectivity index (χ1) is 7.65. The van der Waals surface area contributed by atoms with Gasteiger partial charge in [-0.1, -0.05) is 0 Å². The normalized spacial score (nSPS) is 20.6. The maximum Gasteiger partial charge on any atom is 0.160 e. The molecule has 1 rings (SSSR count). The quantitative estimate of drug-likeness (QED) is 0.420. The molecule has 0 radical (unpaired) electrons. The molecule has 1 aliphatic rings. The van der Waals surface area contributed by atoms with Gasteiger partial charge in [0.1, 0.15) is 0 Å². The standard InChI is InChI=1S/C7H15NO2.C3H8N2S/c1-9-7(10-2)6-3-4-8-5-6;1-5-2-3(4)6/h6-8H,3-5H2,1-2H3;2,5-6H,4H2,1H3/b;3-2+. The molecule has 1 saturated heterocycles. The Bertz CT molecular complexity index is 189. The van der Waals surface area contributed by atoms with E-state index in [2.05, 4.69) is 23.3 Å². The van der Waals surface area contributed by atoms with Gasteiger partial charge < -0.3 is 25.8 Å². The summed E-state index contributed by atoms with van der Waals surface area (Å²) in [7, 11) is 5.14. The monoisotopic (exact) mass is 249 g/mol. The zero-order valence-corrected chi connectivity index (χ0v) is 11.1. The predicted molar refractivity (Wildman–Crippen MR) is 69.1 cm³/mol. The highest BCUT2D eigenvalue weighted by Gasteiger charge is 2.23. The summed E-state index contributed by atoms with van der Waals surface area (Å²) in [6.45, 7) is 2.11. The molecular formula is C10H23N3O2S. The number of hydrogen-bond donors (Lipinski definition) is 4. The number of rotatable bonds is 4. The molecule has 0 aromatic rings. The molecule has 0 aromatic carbocycles. The second-order valence-electron chi connectivity index (χ2n) is 3.45. The van der Waals surface area contributed by atoms with Crippen LogP contribution in [0.5, 0.6) is 0 Å². The number of ether oxygens (including phenoxy) is 2. The number of nitrogens with one attached hydrogen (secondary N) is 2. The molecule has 96 valence electrons. The van der Waals surface area contributed by atoms with Gasteiger partial charge in [0, 0.05) is 39.9 Å². The van der Waals surface area contributed by atoms with E-state index in [1.807, 2.05) is 0 Å². The maximum atomic E-state index is 5.12. The van der Waals surface area contributed by atoms with Crippen LogP contribution in [0.1, 0.15) is 6.42 Å². The molecule has 5 nitrogen and oxygen atoms in total. The van der Waals surface area contributed by atoms with Gasteiger partial charge in [0.2, 0.25) is 0 Å². The lowest BCUT2D eigenvalue weighted by atomic mass is 10.1. The molecule has 0 aliphatic carbocycles. The summed E-state index contributed by atoms with van der Waals surface area (Å²) in [5.74, 6) is 0.537. The highest BCUT2D eigenvalue weighted by molar-refractivity contribution is 7.84. The Kier molecular flexibility index (Phi) is 9.51. The molecule has 1 unspecified atom stereocenters. The molecule has 1 atom stereocenters. The Morgan fingerprint density at radius 2 is 2.19 bits per heavy atom. The summed E-state index contributed by atoms with van der Waals surface area (Å²) in [6.07, 6.45) is 2.74. The van der Waals surface area contributed by atoms with E-state index in [9.17, 15) is 0 Å². The number of nitrogens with two attached hydrogens (primary N) is 1. The van der Waals surface area contributed by atoms with E-state index in [0.29, 0.717) is 10.9 Å². The van der Waals surface area contributed by atoms with E-state index in [4.69, 9.17) is 15.2 Å². The first-order valence-corrected chi connectivity index (χ1v) is 5.68. The number of hydrogen-bond acceptors (Lipinski definition) is 6.